The van der Waals surface area contributed by atoms with Crippen molar-refractivity contribution in [3.63, 3.8) is 0 Å². The SMILES string of the molecule is C[Si](C)(C)C1([Si](C)(C)C)[Se]P2[Se]P1[Se]C2([Si](C)(C)C)[Si](C)(C)C. The Morgan fingerprint density at radius 1 is 0.478 bits per heavy atom. The summed E-state index contributed by atoms with van der Waals surface area (Å²) in [7, 11) is -4.19. The van der Waals surface area contributed by atoms with Crippen LogP contribution in [0.25, 0.3) is 0 Å². The summed E-state index contributed by atoms with van der Waals surface area (Å²) in [6.45, 7) is 33.2. The average molecular weight is 616 g/mol. The molecule has 0 aromatic rings. The van der Waals surface area contributed by atoms with E-state index < -0.39 is 32.3 Å². The van der Waals surface area contributed by atoms with E-state index >= 15 is 0 Å². The van der Waals surface area contributed by atoms with Gasteiger partial charge in [-0.25, -0.2) is 0 Å². The van der Waals surface area contributed by atoms with E-state index in [9.17, 15) is 0 Å². The molecule has 0 nitrogen and oxygen atoms in total. The Kier molecular flexibility index (Phi) is 6.28. The molecule has 0 aromatic heterocycles. The topological polar surface area (TPSA) is 0 Å². The molecule has 0 radical (unpaired) electrons. The second-order valence-electron chi connectivity index (χ2n) is 11.1. The van der Waals surface area contributed by atoms with Crippen LogP contribution in [0.2, 0.25) is 78.6 Å². The van der Waals surface area contributed by atoms with E-state index in [-0.39, 0.29) is 0 Å². The van der Waals surface area contributed by atoms with Gasteiger partial charge in [-0.15, -0.1) is 0 Å². The van der Waals surface area contributed by atoms with Gasteiger partial charge in [-0.05, 0) is 0 Å². The van der Waals surface area contributed by atoms with E-state index in [4.69, 9.17) is 0 Å². The summed E-state index contributed by atoms with van der Waals surface area (Å²) in [6, 6.07) is 0. The molecule has 23 heavy (non-hydrogen) atoms. The third kappa shape index (κ3) is 3.22. The third-order valence-electron chi connectivity index (χ3n) is 5.16. The van der Waals surface area contributed by atoms with E-state index in [1.807, 2.05) is 0 Å². The van der Waals surface area contributed by atoms with Crippen molar-refractivity contribution in [3.8, 4) is 0 Å². The van der Waals surface area contributed by atoms with Crippen molar-refractivity contribution < 1.29 is 0 Å². The Morgan fingerprint density at radius 3 is 0.826 bits per heavy atom. The van der Waals surface area contributed by atoms with Crippen molar-refractivity contribution in [1.82, 2.24) is 0 Å². The molecule has 2 aliphatic heterocycles. The zero-order valence-corrected chi connectivity index (χ0v) is 28.0. The fourth-order valence-electron chi connectivity index (χ4n) is 4.54. The van der Waals surface area contributed by atoms with Crippen LogP contribution in [0.3, 0.4) is 0 Å². The summed E-state index contributed by atoms with van der Waals surface area (Å²) in [5, 5.41) is 0.931. The number of rotatable bonds is 4. The zero-order valence-electron chi connectivity index (χ0n) is 17.1. The molecular formula is C14H36P2Se3Si4. The molecule has 2 saturated heterocycles. The Hall–Kier alpha value is 3.29. The van der Waals surface area contributed by atoms with Gasteiger partial charge in [-0.3, -0.25) is 0 Å². The minimum atomic E-state index is -1.05. The van der Waals surface area contributed by atoms with Crippen LogP contribution < -0.4 is 0 Å². The maximum atomic E-state index is 2.77. The van der Waals surface area contributed by atoms with Crippen molar-refractivity contribution in [1.29, 1.82) is 0 Å². The van der Waals surface area contributed by atoms with E-state index in [0.717, 1.165) is 49.7 Å². The second kappa shape index (κ2) is 6.40. The molecule has 0 saturated carbocycles. The van der Waals surface area contributed by atoms with Crippen LogP contribution in [0.1, 0.15) is 0 Å². The van der Waals surface area contributed by atoms with Gasteiger partial charge in [-0.1, -0.05) is 0 Å². The van der Waals surface area contributed by atoms with Crippen molar-refractivity contribution in [2.24, 2.45) is 0 Å². The number of fused-ring (bicyclic) bond motifs is 2. The molecule has 2 rings (SSSR count). The van der Waals surface area contributed by atoms with E-state index in [2.05, 4.69) is 78.6 Å². The van der Waals surface area contributed by atoms with Gasteiger partial charge < -0.3 is 0 Å². The van der Waals surface area contributed by atoms with Gasteiger partial charge in [0.1, 0.15) is 0 Å². The fourth-order valence-corrected chi connectivity index (χ4v) is 207. The first-order valence-corrected chi connectivity index (χ1v) is 35.8. The summed E-state index contributed by atoms with van der Waals surface area (Å²) in [5.74, 6) is 0. The molecule has 136 valence electrons. The van der Waals surface area contributed by atoms with Gasteiger partial charge in [0.2, 0.25) is 0 Å². The molecule has 9 heteroatoms. The summed E-state index contributed by atoms with van der Waals surface area (Å²) in [4.78, 5) is 0. The van der Waals surface area contributed by atoms with Gasteiger partial charge in [0, 0.05) is 0 Å². The van der Waals surface area contributed by atoms with Crippen LogP contribution in [-0.4, -0.2) is 82.0 Å². The Balaban J connectivity index is 2.56. The number of hydrogen-bond acceptors (Lipinski definition) is 0. The Labute approximate surface area is 169 Å². The van der Waals surface area contributed by atoms with Crippen molar-refractivity contribution >= 4 is 86.0 Å². The average Bonchev–Trinajstić information content (AvgIpc) is 2.78. The molecule has 0 N–H and O–H groups in total. The normalized spacial score (nSPS) is 30.8. The summed E-state index contributed by atoms with van der Waals surface area (Å²) >= 11 is 3.21. The van der Waals surface area contributed by atoms with Gasteiger partial charge in [0.05, 0.1) is 0 Å². The predicted molar refractivity (Wildman–Crippen MR) is 130 cm³/mol. The quantitative estimate of drug-likeness (QED) is 0.283. The van der Waals surface area contributed by atoms with E-state index in [0.29, 0.717) is 10.6 Å². The van der Waals surface area contributed by atoms with Crippen molar-refractivity contribution in [3.05, 3.63) is 0 Å². The molecule has 0 spiro atoms. The molecule has 2 unspecified atom stereocenters. The molecule has 0 aliphatic carbocycles. The van der Waals surface area contributed by atoms with Gasteiger partial charge in [0.15, 0.2) is 0 Å². The number of hydrogen-bond donors (Lipinski definition) is 0. The maximum absolute atomic E-state index is 2.77. The van der Waals surface area contributed by atoms with Gasteiger partial charge >= 0.3 is 171 Å². The minimum absolute atomic E-state index is 0.465. The Bertz CT molecular complexity index is 416. The molecule has 2 aliphatic rings. The Morgan fingerprint density at radius 2 is 0.696 bits per heavy atom. The van der Waals surface area contributed by atoms with Crippen molar-refractivity contribution in [2.45, 2.75) is 85.2 Å². The third-order valence-corrected chi connectivity index (χ3v) is 114. The summed E-state index contributed by atoms with van der Waals surface area (Å²) in [5.41, 5.74) is 0. The fraction of sp³-hybridized carbons (Fsp3) is 1.00. The standard InChI is InChI=1S/C14H36P2Se3Si4/c1-20(2,3)13(21(4,5)6)15-18-14(22(7,8)9,23(10,11)12)16(17-13)19-15/h1-12H3. The molecule has 2 heterocycles. The van der Waals surface area contributed by atoms with Crippen LogP contribution in [0.15, 0.2) is 0 Å². The monoisotopic (exact) mass is 618 g/mol. The first kappa shape index (κ1) is 22.6. The van der Waals surface area contributed by atoms with Crippen LogP contribution in [0, 0.1) is 0 Å². The zero-order chi connectivity index (χ0) is 18.3. The van der Waals surface area contributed by atoms with Crippen LogP contribution in [0.5, 0.6) is 0 Å². The molecular weight excluding hydrogens is 579 g/mol. The van der Waals surface area contributed by atoms with Gasteiger partial charge in [-0.2, -0.15) is 0 Å². The van der Waals surface area contributed by atoms with Crippen molar-refractivity contribution in [2.75, 3.05) is 0 Å². The molecule has 2 atom stereocenters. The molecule has 0 aromatic carbocycles. The second-order valence-corrected chi connectivity index (χ2v) is 66.9. The van der Waals surface area contributed by atoms with Crippen LogP contribution in [0.4, 0.5) is 0 Å². The molecule has 0 amide bonds. The summed E-state index contributed by atoms with van der Waals surface area (Å²) in [6.07, 6.45) is 0. The van der Waals surface area contributed by atoms with E-state index in [1.165, 1.54) is 0 Å². The van der Waals surface area contributed by atoms with Crippen LogP contribution >= 0.6 is 10.6 Å². The molecule has 2 fully saturated rings. The first-order chi connectivity index (χ1) is 9.92. The summed E-state index contributed by atoms with van der Waals surface area (Å²) < 4.78 is 2.02. The van der Waals surface area contributed by atoms with E-state index in [1.54, 1.807) is 0 Å². The van der Waals surface area contributed by atoms with Gasteiger partial charge in [0.25, 0.3) is 0 Å². The predicted octanol–water partition coefficient (Wildman–Crippen LogP) is 5.65. The first-order valence-electron chi connectivity index (χ1n) is 8.59. The molecule has 2 bridgehead atoms. The van der Waals surface area contributed by atoms with Crippen LogP contribution in [-0.2, 0) is 0 Å².